The third-order valence-corrected chi connectivity index (χ3v) is 7.26. The number of ether oxygens (including phenoxy) is 1. The van der Waals surface area contributed by atoms with Gasteiger partial charge in [0.05, 0.1) is 25.1 Å². The first kappa shape index (κ1) is 23.0. The van der Waals surface area contributed by atoms with Crippen molar-refractivity contribution >= 4 is 13.8 Å². The van der Waals surface area contributed by atoms with Crippen LogP contribution < -0.4 is 0 Å². The maximum Gasteiger partial charge on any atom is 0.223 e. The molecule has 1 aliphatic rings. The normalized spacial score (nSPS) is 21.7. The van der Waals surface area contributed by atoms with Crippen LogP contribution in [0.3, 0.4) is 0 Å². The summed E-state index contributed by atoms with van der Waals surface area (Å²) in [4.78, 5) is 2.23. The monoisotopic (exact) mass is 404 g/mol. The van der Waals surface area contributed by atoms with Crippen LogP contribution in [0, 0.1) is 0 Å². The van der Waals surface area contributed by atoms with E-state index in [-0.39, 0.29) is 12.1 Å². The van der Waals surface area contributed by atoms with Gasteiger partial charge in [0.1, 0.15) is 7.55 Å². The number of rotatable bonds is 9. The van der Waals surface area contributed by atoms with Crippen molar-refractivity contribution in [3.8, 4) is 0 Å². The van der Waals surface area contributed by atoms with Crippen LogP contribution in [-0.2, 0) is 4.74 Å². The van der Waals surface area contributed by atoms with E-state index in [9.17, 15) is 10.2 Å². The van der Waals surface area contributed by atoms with Gasteiger partial charge in [0.25, 0.3) is 0 Å². The molecule has 28 heavy (non-hydrogen) atoms. The number of allylic oxidation sites excluding steroid dienone is 3. The van der Waals surface area contributed by atoms with Crippen molar-refractivity contribution in [1.29, 1.82) is 0 Å². The molecule has 1 fully saturated rings. The molecule has 0 saturated carbocycles. The van der Waals surface area contributed by atoms with Gasteiger partial charge in [-0.15, -0.1) is 0 Å². The molecule has 4 unspecified atom stereocenters. The van der Waals surface area contributed by atoms with Crippen LogP contribution in [0.25, 0.3) is 0 Å². The number of benzene rings is 1. The van der Waals surface area contributed by atoms with Gasteiger partial charge in [-0.3, -0.25) is 4.90 Å². The van der Waals surface area contributed by atoms with E-state index in [1.807, 2.05) is 75.1 Å². The van der Waals surface area contributed by atoms with Gasteiger partial charge in [-0.05, 0) is 25.8 Å². The van der Waals surface area contributed by atoms with E-state index < -0.39 is 19.2 Å². The Bertz CT molecular complexity index is 666. The van der Waals surface area contributed by atoms with Crippen molar-refractivity contribution in [3.63, 3.8) is 0 Å². The molecule has 0 aliphatic carbocycles. The van der Waals surface area contributed by atoms with E-state index in [0.29, 0.717) is 25.9 Å². The third-order valence-electron chi connectivity index (χ3n) is 5.39. The SMILES string of the molecule is C=[P+](C)C1(O)CCN(C(c2ccccc2)C(O)OC(C)CC=CC=CC)CC1. The summed E-state index contributed by atoms with van der Waals surface area (Å²) >= 11 is 0. The van der Waals surface area contributed by atoms with E-state index in [1.165, 1.54) is 0 Å². The summed E-state index contributed by atoms with van der Waals surface area (Å²) in [5, 5.41) is 21.1. The van der Waals surface area contributed by atoms with Crippen LogP contribution in [0.2, 0.25) is 0 Å². The maximum absolute atomic E-state index is 11.0. The van der Waals surface area contributed by atoms with Gasteiger partial charge in [-0.1, -0.05) is 54.6 Å². The highest BCUT2D eigenvalue weighted by Crippen LogP contribution is 2.43. The molecule has 0 bridgehead atoms. The number of hydrogen-bond acceptors (Lipinski definition) is 4. The molecule has 1 aromatic carbocycles. The first-order valence-electron chi connectivity index (χ1n) is 10.0. The molecule has 0 amide bonds. The first-order valence-corrected chi connectivity index (χ1v) is 12.0. The predicted octanol–water partition coefficient (Wildman–Crippen LogP) is 4.30. The summed E-state index contributed by atoms with van der Waals surface area (Å²) in [7, 11) is -0.661. The van der Waals surface area contributed by atoms with Crippen LogP contribution in [0.4, 0.5) is 0 Å². The Morgan fingerprint density at radius 1 is 1.25 bits per heavy atom. The lowest BCUT2D eigenvalue weighted by Gasteiger charge is -2.40. The van der Waals surface area contributed by atoms with Gasteiger partial charge < -0.3 is 14.9 Å². The van der Waals surface area contributed by atoms with E-state index >= 15 is 0 Å². The number of aliphatic hydroxyl groups is 2. The highest BCUT2D eigenvalue weighted by Gasteiger charge is 2.43. The average Bonchev–Trinajstić information content (AvgIpc) is 2.68. The van der Waals surface area contributed by atoms with Crippen molar-refractivity contribution < 1.29 is 14.9 Å². The molecule has 154 valence electrons. The number of piperidine rings is 1. The van der Waals surface area contributed by atoms with Gasteiger partial charge in [0.15, 0.2) is 6.29 Å². The van der Waals surface area contributed by atoms with E-state index in [2.05, 4.69) is 11.2 Å². The molecule has 1 aliphatic heterocycles. The van der Waals surface area contributed by atoms with Gasteiger partial charge in [-0.2, -0.15) is 0 Å². The average molecular weight is 405 g/mol. The van der Waals surface area contributed by atoms with Crippen LogP contribution in [0.5, 0.6) is 0 Å². The van der Waals surface area contributed by atoms with Crippen molar-refractivity contribution in [1.82, 2.24) is 4.90 Å². The Labute approximate surface area is 170 Å². The zero-order chi connectivity index (χ0) is 20.6. The molecule has 4 nitrogen and oxygen atoms in total. The molecule has 5 heteroatoms. The molecule has 0 spiro atoms. The minimum atomic E-state index is -0.929. The molecule has 0 aromatic heterocycles. The van der Waals surface area contributed by atoms with E-state index in [4.69, 9.17) is 4.74 Å². The minimum Gasteiger partial charge on any atom is -0.366 e. The Balaban J connectivity index is 2.09. The van der Waals surface area contributed by atoms with Crippen LogP contribution in [0.15, 0.2) is 54.6 Å². The molecule has 1 aromatic rings. The Morgan fingerprint density at radius 3 is 2.46 bits per heavy atom. The zero-order valence-electron chi connectivity index (χ0n) is 17.4. The first-order chi connectivity index (χ1) is 13.4. The summed E-state index contributed by atoms with van der Waals surface area (Å²) in [6, 6.07) is 9.76. The Morgan fingerprint density at radius 2 is 1.89 bits per heavy atom. The lowest BCUT2D eigenvalue weighted by molar-refractivity contribution is -0.174. The quantitative estimate of drug-likeness (QED) is 0.366. The molecule has 0 radical (unpaired) electrons. The van der Waals surface area contributed by atoms with Crippen molar-refractivity contribution in [3.05, 3.63) is 60.2 Å². The fraction of sp³-hybridized carbons (Fsp3) is 0.522. The van der Waals surface area contributed by atoms with Gasteiger partial charge in [-0.25, -0.2) is 0 Å². The molecule has 2 N–H and O–H groups in total. The zero-order valence-corrected chi connectivity index (χ0v) is 18.3. The van der Waals surface area contributed by atoms with Crippen molar-refractivity contribution in [2.24, 2.45) is 0 Å². The fourth-order valence-electron chi connectivity index (χ4n) is 3.58. The van der Waals surface area contributed by atoms with Crippen molar-refractivity contribution in [2.75, 3.05) is 19.8 Å². The van der Waals surface area contributed by atoms with Crippen LogP contribution >= 0.6 is 7.55 Å². The third kappa shape index (κ3) is 6.37. The molecule has 2 rings (SSSR count). The highest BCUT2D eigenvalue weighted by atomic mass is 31.1. The number of likely N-dealkylation sites (tertiary alicyclic amines) is 1. The lowest BCUT2D eigenvalue weighted by atomic mass is 9.99. The highest BCUT2D eigenvalue weighted by molar-refractivity contribution is 7.56. The molecule has 1 heterocycles. The molecular weight excluding hydrogens is 369 g/mol. The second kappa shape index (κ2) is 11.0. The summed E-state index contributed by atoms with van der Waals surface area (Å²) in [6.45, 7) is 7.42. The number of aliphatic hydroxyl groups excluding tert-OH is 1. The molecule has 4 atom stereocenters. The van der Waals surface area contributed by atoms with Crippen LogP contribution in [-0.4, -0.2) is 58.9 Å². The summed E-state index contributed by atoms with van der Waals surface area (Å²) in [6.07, 6.45) is 13.2. The van der Waals surface area contributed by atoms with Gasteiger partial charge in [0.2, 0.25) is 5.34 Å². The predicted molar refractivity (Wildman–Crippen MR) is 120 cm³/mol. The van der Waals surface area contributed by atoms with Crippen molar-refractivity contribution in [2.45, 2.75) is 56.9 Å². The maximum atomic E-state index is 11.0. The van der Waals surface area contributed by atoms with E-state index in [0.717, 1.165) is 12.0 Å². The standard InChI is InChI=1S/C23H35NO3P/c1-5-6-7-9-12-19(2)27-22(25)21(20-13-10-8-11-14-20)24-17-15-23(26,16-18-24)28(3)4/h5-11,13-14,19,21-22,25-26H,3,12,15-18H2,1-2,4H3/q+1. The summed E-state index contributed by atoms with van der Waals surface area (Å²) in [5.41, 5.74) is 1.03. The fourth-order valence-corrected chi connectivity index (χ4v) is 4.54. The van der Waals surface area contributed by atoms with Crippen LogP contribution in [0.1, 0.15) is 44.7 Å². The summed E-state index contributed by atoms with van der Waals surface area (Å²) < 4.78 is 5.97. The van der Waals surface area contributed by atoms with E-state index in [1.54, 1.807) is 0 Å². The molecular formula is C23H35NO3P+. The minimum absolute atomic E-state index is 0.0900. The number of hydrogen-bond donors (Lipinski definition) is 2. The van der Waals surface area contributed by atoms with Gasteiger partial charge >= 0.3 is 0 Å². The summed E-state index contributed by atoms with van der Waals surface area (Å²) in [5.74, 6) is 0. The number of nitrogens with zero attached hydrogens (tertiary/aromatic N) is 1. The smallest absolute Gasteiger partial charge is 0.223 e. The lowest BCUT2D eigenvalue weighted by Crippen LogP contribution is -2.47. The Kier molecular flexibility index (Phi) is 9.07. The van der Waals surface area contributed by atoms with Gasteiger partial charge in [0, 0.05) is 25.9 Å². The second-order valence-electron chi connectivity index (χ2n) is 7.60. The largest absolute Gasteiger partial charge is 0.366 e. The Hall–Kier alpha value is -1.29. The topological polar surface area (TPSA) is 52.9 Å². The molecule has 1 saturated heterocycles. The second-order valence-corrected chi connectivity index (χ2v) is 9.83.